The number of allylic oxidation sites excluding steroid dienone is 1. The summed E-state index contributed by atoms with van der Waals surface area (Å²) < 4.78 is 13.2. The van der Waals surface area contributed by atoms with Gasteiger partial charge < -0.3 is 8.85 Å². The SMILES string of the molecule is C[C@]12CCC3C(CC[C@@H]4C[C@H](O[Si](C)(C)C)C=C[C@]34C)C1CC[C@@H]2O[Si](C)(C)C. The number of hydrogen-bond donors (Lipinski definition) is 0. The van der Waals surface area contributed by atoms with Gasteiger partial charge in [-0.3, -0.25) is 0 Å². The molecule has 0 aliphatic heterocycles. The smallest absolute Gasteiger partial charge is 0.184 e. The van der Waals surface area contributed by atoms with E-state index in [1.54, 1.807) is 0 Å². The average Bonchev–Trinajstić information content (AvgIpc) is 2.89. The molecule has 4 aliphatic rings. The topological polar surface area (TPSA) is 18.5 Å². The lowest BCUT2D eigenvalue weighted by Crippen LogP contribution is -2.54. The van der Waals surface area contributed by atoms with Crippen LogP contribution in [0.2, 0.25) is 39.3 Å². The van der Waals surface area contributed by atoms with Crippen molar-refractivity contribution in [2.75, 3.05) is 0 Å². The predicted molar refractivity (Wildman–Crippen MR) is 128 cm³/mol. The van der Waals surface area contributed by atoms with E-state index in [1.807, 2.05) is 0 Å². The first-order chi connectivity index (χ1) is 13.3. The Morgan fingerprint density at radius 2 is 1.48 bits per heavy atom. The van der Waals surface area contributed by atoms with Crippen LogP contribution in [0.25, 0.3) is 0 Å². The maximum absolute atomic E-state index is 6.76. The molecule has 166 valence electrons. The molecule has 3 unspecified atom stereocenters. The van der Waals surface area contributed by atoms with Crippen LogP contribution in [0.15, 0.2) is 12.2 Å². The molecule has 0 aromatic carbocycles. The van der Waals surface area contributed by atoms with Crippen molar-refractivity contribution in [3.05, 3.63) is 12.2 Å². The molecule has 2 nitrogen and oxygen atoms in total. The summed E-state index contributed by atoms with van der Waals surface area (Å²) in [6.07, 6.45) is 15.5. The van der Waals surface area contributed by atoms with Crippen molar-refractivity contribution in [1.29, 1.82) is 0 Å². The monoisotopic (exact) mass is 434 g/mol. The molecule has 0 N–H and O–H groups in total. The van der Waals surface area contributed by atoms with Crippen LogP contribution in [-0.2, 0) is 8.85 Å². The molecule has 4 aliphatic carbocycles. The fourth-order valence-corrected chi connectivity index (χ4v) is 10.2. The molecule has 0 saturated heterocycles. The zero-order valence-electron chi connectivity index (χ0n) is 20.4. The van der Waals surface area contributed by atoms with Crippen molar-refractivity contribution in [2.45, 2.75) is 110 Å². The molecule has 0 amide bonds. The molecule has 0 bridgehead atoms. The highest BCUT2D eigenvalue weighted by atomic mass is 28.4. The Hall–Kier alpha value is 0.0938. The van der Waals surface area contributed by atoms with Crippen LogP contribution in [0.3, 0.4) is 0 Å². The summed E-state index contributed by atoms with van der Waals surface area (Å²) in [5.74, 6) is 3.47. The normalized spacial score (nSPS) is 47.4. The van der Waals surface area contributed by atoms with Crippen LogP contribution in [0.1, 0.15) is 58.8 Å². The van der Waals surface area contributed by atoms with E-state index in [1.165, 1.54) is 44.9 Å². The van der Waals surface area contributed by atoms with Crippen molar-refractivity contribution < 1.29 is 8.85 Å². The molecule has 8 atom stereocenters. The lowest BCUT2D eigenvalue weighted by molar-refractivity contribution is -0.0958. The van der Waals surface area contributed by atoms with E-state index < -0.39 is 16.6 Å². The lowest BCUT2D eigenvalue weighted by atomic mass is 9.46. The quantitative estimate of drug-likeness (QED) is 0.343. The van der Waals surface area contributed by atoms with Crippen LogP contribution < -0.4 is 0 Å². The van der Waals surface area contributed by atoms with E-state index in [0.717, 1.165) is 23.7 Å². The molecular formula is C25H46O2Si2. The van der Waals surface area contributed by atoms with Crippen molar-refractivity contribution in [3.8, 4) is 0 Å². The second kappa shape index (κ2) is 7.32. The van der Waals surface area contributed by atoms with Gasteiger partial charge in [-0.1, -0.05) is 26.0 Å². The van der Waals surface area contributed by atoms with Gasteiger partial charge in [-0.2, -0.15) is 0 Å². The van der Waals surface area contributed by atoms with Gasteiger partial charge in [-0.05, 0) is 119 Å². The minimum Gasteiger partial charge on any atom is -0.414 e. The van der Waals surface area contributed by atoms with Gasteiger partial charge in [0.2, 0.25) is 0 Å². The molecule has 0 radical (unpaired) electrons. The van der Waals surface area contributed by atoms with Gasteiger partial charge in [0.25, 0.3) is 0 Å². The Balaban J connectivity index is 1.53. The molecule has 3 saturated carbocycles. The first kappa shape index (κ1) is 22.3. The van der Waals surface area contributed by atoms with Gasteiger partial charge in [-0.15, -0.1) is 0 Å². The van der Waals surface area contributed by atoms with Crippen molar-refractivity contribution in [3.63, 3.8) is 0 Å². The number of rotatable bonds is 4. The Labute approximate surface area is 182 Å². The number of hydrogen-bond acceptors (Lipinski definition) is 2. The molecule has 3 fully saturated rings. The highest BCUT2D eigenvalue weighted by molar-refractivity contribution is 6.70. The Bertz CT molecular complexity index is 648. The second-order valence-corrected chi connectivity index (χ2v) is 22.1. The third-order valence-corrected chi connectivity index (χ3v) is 11.1. The second-order valence-electron chi connectivity index (χ2n) is 13.2. The Morgan fingerprint density at radius 3 is 2.14 bits per heavy atom. The highest BCUT2D eigenvalue weighted by Gasteiger charge is 2.60. The third kappa shape index (κ3) is 4.13. The Kier molecular flexibility index (Phi) is 5.62. The van der Waals surface area contributed by atoms with Gasteiger partial charge >= 0.3 is 0 Å². The minimum atomic E-state index is -1.48. The highest BCUT2D eigenvalue weighted by Crippen LogP contribution is 2.65. The van der Waals surface area contributed by atoms with E-state index in [4.69, 9.17) is 8.85 Å². The Morgan fingerprint density at radius 1 is 0.793 bits per heavy atom. The van der Waals surface area contributed by atoms with E-state index in [2.05, 4.69) is 65.3 Å². The summed E-state index contributed by atoms with van der Waals surface area (Å²) in [5, 5.41) is 0. The van der Waals surface area contributed by atoms with E-state index in [-0.39, 0.29) is 0 Å². The van der Waals surface area contributed by atoms with Gasteiger partial charge in [0.15, 0.2) is 16.6 Å². The molecule has 29 heavy (non-hydrogen) atoms. The molecule has 0 aromatic heterocycles. The summed E-state index contributed by atoms with van der Waals surface area (Å²) in [6, 6.07) is 0. The van der Waals surface area contributed by atoms with Crippen molar-refractivity contribution in [2.24, 2.45) is 34.5 Å². The molecular weight excluding hydrogens is 388 g/mol. The van der Waals surface area contributed by atoms with Crippen LogP contribution in [0.5, 0.6) is 0 Å². The predicted octanol–water partition coefficient (Wildman–Crippen LogP) is 7.25. The van der Waals surface area contributed by atoms with Gasteiger partial charge in [0.1, 0.15) is 0 Å². The maximum atomic E-state index is 6.76. The van der Waals surface area contributed by atoms with E-state index in [9.17, 15) is 0 Å². The first-order valence-electron chi connectivity index (χ1n) is 12.4. The summed E-state index contributed by atoms with van der Waals surface area (Å²) in [5.41, 5.74) is 0.813. The maximum Gasteiger partial charge on any atom is 0.184 e. The van der Waals surface area contributed by atoms with Crippen LogP contribution in [-0.4, -0.2) is 28.8 Å². The summed E-state index contributed by atoms with van der Waals surface area (Å²) in [7, 11) is -2.96. The third-order valence-electron chi connectivity index (χ3n) is 9.06. The minimum absolute atomic E-state index is 0.367. The van der Waals surface area contributed by atoms with Crippen LogP contribution in [0, 0.1) is 34.5 Å². The molecule has 0 heterocycles. The largest absolute Gasteiger partial charge is 0.414 e. The average molecular weight is 435 g/mol. The zero-order chi connectivity index (χ0) is 21.2. The summed E-state index contributed by atoms with van der Waals surface area (Å²) in [4.78, 5) is 0. The molecule has 0 spiro atoms. The fourth-order valence-electron chi connectivity index (χ4n) is 7.89. The number of fused-ring (bicyclic) bond motifs is 5. The van der Waals surface area contributed by atoms with Crippen LogP contribution >= 0.6 is 0 Å². The van der Waals surface area contributed by atoms with Gasteiger partial charge in [-0.25, -0.2) is 0 Å². The summed E-state index contributed by atoms with van der Waals surface area (Å²) in [6.45, 7) is 19.3. The van der Waals surface area contributed by atoms with Crippen molar-refractivity contribution in [1.82, 2.24) is 0 Å². The summed E-state index contributed by atoms with van der Waals surface area (Å²) >= 11 is 0. The van der Waals surface area contributed by atoms with Crippen molar-refractivity contribution >= 4 is 16.6 Å². The molecule has 4 heteroatoms. The standard InChI is InChI=1S/C25H46O2Si2/c1-24-15-13-19(26-28(3,4)5)17-18(24)9-10-20-21-11-12-23(27-29(6,7)8)25(21,2)16-14-22(20)24/h13,15,18-23H,9-12,14,16-17H2,1-8H3/t18-,19-,20?,21?,22?,23+,24+,25+/m1/s1. The van der Waals surface area contributed by atoms with E-state index >= 15 is 0 Å². The van der Waals surface area contributed by atoms with Gasteiger partial charge in [0.05, 0.1) is 12.2 Å². The van der Waals surface area contributed by atoms with Crippen LogP contribution in [0.4, 0.5) is 0 Å². The fraction of sp³-hybridized carbons (Fsp3) is 0.920. The molecule has 0 aromatic rings. The zero-order valence-corrected chi connectivity index (χ0v) is 22.4. The van der Waals surface area contributed by atoms with E-state index in [0.29, 0.717) is 23.0 Å². The molecule has 4 rings (SSSR count). The van der Waals surface area contributed by atoms with Gasteiger partial charge in [0, 0.05) is 0 Å². The lowest BCUT2D eigenvalue weighted by Gasteiger charge is -2.59. The first-order valence-corrected chi connectivity index (χ1v) is 19.2.